The van der Waals surface area contributed by atoms with Crippen LogP contribution in [0.3, 0.4) is 0 Å². The third-order valence-corrected chi connectivity index (χ3v) is 4.93. The monoisotopic (exact) mass is 357 g/mol. The largest absolute Gasteiger partial charge is 0.375 e. The number of nitrogens with zero attached hydrogens (tertiary/aromatic N) is 2. The maximum atomic E-state index is 12.5. The number of carbonyl (C=O) groups is 2. The molecule has 0 radical (unpaired) electrons. The first kappa shape index (κ1) is 18.6. The van der Waals surface area contributed by atoms with Gasteiger partial charge in [-0.3, -0.25) is 9.59 Å². The number of amides is 2. The summed E-state index contributed by atoms with van der Waals surface area (Å²) in [4.78, 5) is 25.5. The van der Waals surface area contributed by atoms with Crippen molar-refractivity contribution < 1.29 is 14.3 Å². The quantitative estimate of drug-likeness (QED) is 0.814. The van der Waals surface area contributed by atoms with Gasteiger partial charge in [0.2, 0.25) is 11.8 Å². The van der Waals surface area contributed by atoms with Crippen LogP contribution >= 0.6 is 0 Å². The first-order valence-electron chi connectivity index (χ1n) is 9.48. The SMILES string of the molecule is O=C1CCC(CCC(=O)N2CCO[C@H](CCCc3ccccc3)C2)=NN1. The molecule has 2 aliphatic rings. The fraction of sp³-hybridized carbons (Fsp3) is 0.550. The molecule has 0 saturated carbocycles. The van der Waals surface area contributed by atoms with Crippen molar-refractivity contribution in [3.05, 3.63) is 35.9 Å². The van der Waals surface area contributed by atoms with E-state index in [4.69, 9.17) is 4.74 Å². The molecule has 1 aromatic carbocycles. The predicted octanol–water partition coefficient (Wildman–Crippen LogP) is 2.28. The van der Waals surface area contributed by atoms with Gasteiger partial charge in [-0.15, -0.1) is 0 Å². The number of rotatable bonds is 7. The van der Waals surface area contributed by atoms with Gasteiger partial charge in [0.25, 0.3) is 0 Å². The van der Waals surface area contributed by atoms with Crippen LogP contribution in [0.5, 0.6) is 0 Å². The van der Waals surface area contributed by atoms with Gasteiger partial charge in [0.05, 0.1) is 12.7 Å². The third kappa shape index (κ3) is 5.66. The smallest absolute Gasteiger partial charge is 0.240 e. The zero-order valence-electron chi connectivity index (χ0n) is 15.2. The summed E-state index contributed by atoms with van der Waals surface area (Å²) in [6, 6.07) is 10.5. The highest BCUT2D eigenvalue weighted by atomic mass is 16.5. The Labute approximate surface area is 154 Å². The molecule has 0 bridgehead atoms. The molecule has 6 nitrogen and oxygen atoms in total. The third-order valence-electron chi connectivity index (χ3n) is 4.93. The number of aryl methyl sites for hydroxylation is 1. The Balaban J connectivity index is 1.38. The number of morpholine rings is 1. The summed E-state index contributed by atoms with van der Waals surface area (Å²) in [6.45, 7) is 1.95. The summed E-state index contributed by atoms with van der Waals surface area (Å²) in [7, 11) is 0. The molecule has 2 heterocycles. The highest BCUT2D eigenvalue weighted by Gasteiger charge is 2.24. The number of hydrogen-bond donors (Lipinski definition) is 1. The number of nitrogens with one attached hydrogen (secondary N) is 1. The van der Waals surface area contributed by atoms with Crippen LogP contribution in [0.15, 0.2) is 35.4 Å². The number of ether oxygens (including phenoxy) is 1. The van der Waals surface area contributed by atoms with Crippen LogP contribution < -0.4 is 5.43 Å². The van der Waals surface area contributed by atoms with Crippen molar-refractivity contribution in [3.63, 3.8) is 0 Å². The van der Waals surface area contributed by atoms with Crippen molar-refractivity contribution in [3.8, 4) is 0 Å². The fourth-order valence-corrected chi connectivity index (χ4v) is 3.40. The second-order valence-corrected chi connectivity index (χ2v) is 6.92. The van der Waals surface area contributed by atoms with Crippen molar-refractivity contribution in [2.75, 3.05) is 19.7 Å². The van der Waals surface area contributed by atoms with Gasteiger partial charge in [0.15, 0.2) is 0 Å². The van der Waals surface area contributed by atoms with E-state index in [-0.39, 0.29) is 17.9 Å². The fourth-order valence-electron chi connectivity index (χ4n) is 3.40. The summed E-state index contributed by atoms with van der Waals surface area (Å²) in [5.41, 5.74) is 4.74. The molecule has 1 fully saturated rings. The van der Waals surface area contributed by atoms with Gasteiger partial charge in [0.1, 0.15) is 0 Å². The lowest BCUT2D eigenvalue weighted by Gasteiger charge is -2.33. The van der Waals surface area contributed by atoms with E-state index in [1.54, 1.807) is 0 Å². The van der Waals surface area contributed by atoms with Crippen LogP contribution in [-0.2, 0) is 20.7 Å². The van der Waals surface area contributed by atoms with Crippen LogP contribution in [0.4, 0.5) is 0 Å². The molecule has 1 aromatic rings. The van der Waals surface area contributed by atoms with Crippen LogP contribution in [0.25, 0.3) is 0 Å². The minimum atomic E-state index is -0.0494. The van der Waals surface area contributed by atoms with Crippen LogP contribution in [0.2, 0.25) is 0 Å². The van der Waals surface area contributed by atoms with Gasteiger partial charge in [0, 0.05) is 31.6 Å². The molecule has 140 valence electrons. The molecule has 1 atom stereocenters. The zero-order valence-corrected chi connectivity index (χ0v) is 15.2. The van der Waals surface area contributed by atoms with Crippen molar-refractivity contribution in [2.45, 2.75) is 51.0 Å². The number of hydrogen-bond acceptors (Lipinski definition) is 4. The van der Waals surface area contributed by atoms with E-state index >= 15 is 0 Å². The summed E-state index contributed by atoms with van der Waals surface area (Å²) < 4.78 is 5.84. The Hall–Kier alpha value is -2.21. The van der Waals surface area contributed by atoms with E-state index in [1.165, 1.54) is 5.56 Å². The molecule has 0 aliphatic carbocycles. The van der Waals surface area contributed by atoms with Gasteiger partial charge in [-0.05, 0) is 37.7 Å². The van der Waals surface area contributed by atoms with E-state index in [2.05, 4.69) is 34.8 Å². The lowest BCUT2D eigenvalue weighted by molar-refractivity contribution is -0.138. The van der Waals surface area contributed by atoms with Gasteiger partial charge in [-0.1, -0.05) is 30.3 Å². The summed E-state index contributed by atoms with van der Waals surface area (Å²) in [5, 5.41) is 4.03. The Morgan fingerprint density at radius 1 is 1.23 bits per heavy atom. The molecule has 1 N–H and O–H groups in total. The number of benzene rings is 1. The van der Waals surface area contributed by atoms with Gasteiger partial charge in [-0.25, -0.2) is 5.43 Å². The standard InChI is InChI=1S/C20H27N3O3/c24-19-11-9-17(21-22-19)10-12-20(25)23-13-14-26-18(15-23)8-4-7-16-5-2-1-3-6-16/h1-3,5-6,18H,4,7-15H2,(H,22,24)/t18-/m1/s1. The summed E-state index contributed by atoms with van der Waals surface area (Å²) in [5.74, 6) is 0.104. The number of hydrazone groups is 1. The normalized spacial score (nSPS) is 20.5. The Kier molecular flexibility index (Phi) is 6.77. The van der Waals surface area contributed by atoms with E-state index in [9.17, 15) is 9.59 Å². The highest BCUT2D eigenvalue weighted by molar-refractivity contribution is 5.94. The van der Waals surface area contributed by atoms with Gasteiger partial charge in [-0.2, -0.15) is 5.10 Å². The first-order chi connectivity index (χ1) is 12.7. The average Bonchev–Trinajstić information content (AvgIpc) is 2.68. The molecular weight excluding hydrogens is 330 g/mol. The minimum Gasteiger partial charge on any atom is -0.375 e. The van der Waals surface area contributed by atoms with Crippen molar-refractivity contribution >= 4 is 17.5 Å². The minimum absolute atomic E-state index is 0.0494. The second-order valence-electron chi connectivity index (χ2n) is 6.92. The van der Waals surface area contributed by atoms with Gasteiger partial charge < -0.3 is 9.64 Å². The predicted molar refractivity (Wildman–Crippen MR) is 99.7 cm³/mol. The zero-order chi connectivity index (χ0) is 18.2. The highest BCUT2D eigenvalue weighted by Crippen LogP contribution is 2.15. The van der Waals surface area contributed by atoms with Crippen molar-refractivity contribution in [2.24, 2.45) is 5.10 Å². The Bertz CT molecular complexity index is 645. The topological polar surface area (TPSA) is 71.0 Å². The molecule has 2 amide bonds. The molecule has 1 saturated heterocycles. The lowest BCUT2D eigenvalue weighted by Crippen LogP contribution is -2.45. The Morgan fingerprint density at radius 3 is 2.85 bits per heavy atom. The van der Waals surface area contributed by atoms with E-state index in [0.717, 1.165) is 25.0 Å². The molecule has 0 aromatic heterocycles. The molecule has 2 aliphatic heterocycles. The Morgan fingerprint density at radius 2 is 2.08 bits per heavy atom. The molecule has 0 spiro atoms. The average molecular weight is 357 g/mol. The summed E-state index contributed by atoms with van der Waals surface area (Å²) >= 11 is 0. The molecular formula is C20H27N3O3. The number of carbonyl (C=O) groups excluding carboxylic acids is 2. The lowest BCUT2D eigenvalue weighted by atomic mass is 10.0. The molecule has 26 heavy (non-hydrogen) atoms. The van der Waals surface area contributed by atoms with Crippen molar-refractivity contribution in [1.82, 2.24) is 10.3 Å². The molecule has 0 unspecified atom stereocenters. The maximum Gasteiger partial charge on any atom is 0.240 e. The molecule has 6 heteroatoms. The van der Waals surface area contributed by atoms with Crippen LogP contribution in [-0.4, -0.2) is 48.2 Å². The maximum absolute atomic E-state index is 12.5. The first-order valence-corrected chi connectivity index (χ1v) is 9.48. The van der Waals surface area contributed by atoms with Gasteiger partial charge >= 0.3 is 0 Å². The van der Waals surface area contributed by atoms with Crippen LogP contribution in [0, 0.1) is 0 Å². The van der Waals surface area contributed by atoms with Crippen molar-refractivity contribution in [1.29, 1.82) is 0 Å². The van der Waals surface area contributed by atoms with E-state index in [0.29, 0.717) is 45.4 Å². The van der Waals surface area contributed by atoms with E-state index < -0.39 is 0 Å². The summed E-state index contributed by atoms with van der Waals surface area (Å²) in [6.07, 6.45) is 5.40. The van der Waals surface area contributed by atoms with Crippen LogP contribution in [0.1, 0.15) is 44.1 Å². The second kappa shape index (κ2) is 9.48. The van der Waals surface area contributed by atoms with E-state index in [1.807, 2.05) is 11.0 Å². The molecule has 3 rings (SSSR count).